The van der Waals surface area contributed by atoms with Gasteiger partial charge in [0.1, 0.15) is 5.69 Å². The van der Waals surface area contributed by atoms with Gasteiger partial charge in [0, 0.05) is 35.8 Å². The third kappa shape index (κ3) is 5.71. The molecule has 31 heavy (non-hydrogen) atoms. The van der Waals surface area contributed by atoms with Crippen LogP contribution >= 0.6 is 15.9 Å². The maximum absolute atomic E-state index is 13.0. The summed E-state index contributed by atoms with van der Waals surface area (Å²) in [7, 11) is 1.56. The highest BCUT2D eigenvalue weighted by atomic mass is 79.9. The van der Waals surface area contributed by atoms with Gasteiger partial charge in [0.15, 0.2) is 0 Å². The first-order valence-electron chi connectivity index (χ1n) is 9.66. The van der Waals surface area contributed by atoms with Crippen molar-refractivity contribution in [1.29, 1.82) is 0 Å². The number of methoxy groups -OCH3 is 1. The number of carbonyl (C=O) groups excluding carboxylic acids is 3. The van der Waals surface area contributed by atoms with Gasteiger partial charge in [-0.05, 0) is 49.7 Å². The minimum absolute atomic E-state index is 0.189. The molecule has 0 saturated carbocycles. The molecule has 3 N–H and O–H groups in total. The lowest BCUT2D eigenvalue weighted by Gasteiger charge is -2.13. The molecule has 1 heterocycles. The Morgan fingerprint density at radius 1 is 1.03 bits per heavy atom. The Morgan fingerprint density at radius 2 is 1.77 bits per heavy atom. The highest BCUT2D eigenvalue weighted by molar-refractivity contribution is 9.10. The summed E-state index contributed by atoms with van der Waals surface area (Å²) in [6.45, 7) is 2.74. The van der Waals surface area contributed by atoms with E-state index in [1.165, 1.54) is 4.68 Å². The van der Waals surface area contributed by atoms with Gasteiger partial charge in [0.2, 0.25) is 0 Å². The van der Waals surface area contributed by atoms with Crippen LogP contribution in [0, 0.1) is 6.92 Å². The van der Waals surface area contributed by atoms with Crippen molar-refractivity contribution in [3.63, 3.8) is 0 Å². The number of hydrogen-bond acceptors (Lipinski definition) is 4. The van der Waals surface area contributed by atoms with E-state index in [1.807, 2.05) is 25.1 Å². The number of amides is 3. The van der Waals surface area contributed by atoms with Crippen molar-refractivity contribution in [2.75, 3.05) is 31.0 Å². The molecular weight excluding hydrogens is 464 g/mol. The van der Waals surface area contributed by atoms with Gasteiger partial charge < -0.3 is 15.4 Å². The van der Waals surface area contributed by atoms with Crippen molar-refractivity contribution in [2.45, 2.75) is 13.3 Å². The predicted octanol–water partition coefficient (Wildman–Crippen LogP) is 3.19. The molecule has 8 nitrogen and oxygen atoms in total. The Bertz CT molecular complexity index is 1110. The second kappa shape index (κ2) is 10.2. The molecule has 0 fully saturated rings. The number of ether oxygens (including phenoxy) is 1. The first-order valence-corrected chi connectivity index (χ1v) is 10.5. The van der Waals surface area contributed by atoms with Gasteiger partial charge in [-0.2, -0.15) is 0 Å². The third-order valence-electron chi connectivity index (χ3n) is 4.54. The average Bonchev–Trinajstić information content (AvgIpc) is 3.10. The number of halogens is 1. The summed E-state index contributed by atoms with van der Waals surface area (Å²) in [5.74, 6) is -2.08. The molecule has 0 unspecified atom stereocenters. The monoisotopic (exact) mass is 486 g/mol. The zero-order valence-electron chi connectivity index (χ0n) is 17.2. The SMILES string of the molecule is COCCCNC(=O)C(=O)Nn1c(C(=O)Nc2ccc(C)cc2)cc2cc(Br)ccc21. The molecule has 0 atom stereocenters. The number of nitrogens with zero attached hydrogens (tertiary/aromatic N) is 1. The summed E-state index contributed by atoms with van der Waals surface area (Å²) in [5.41, 5.74) is 4.99. The third-order valence-corrected chi connectivity index (χ3v) is 5.03. The van der Waals surface area contributed by atoms with E-state index in [9.17, 15) is 14.4 Å². The second-order valence-corrected chi connectivity index (χ2v) is 7.85. The number of benzene rings is 2. The number of rotatable bonds is 7. The number of nitrogens with one attached hydrogen (secondary N) is 3. The maximum Gasteiger partial charge on any atom is 0.328 e. The van der Waals surface area contributed by atoms with Gasteiger partial charge in [0.05, 0.1) is 5.52 Å². The van der Waals surface area contributed by atoms with Crippen molar-refractivity contribution in [2.24, 2.45) is 0 Å². The second-order valence-electron chi connectivity index (χ2n) is 6.93. The summed E-state index contributed by atoms with van der Waals surface area (Å²) in [6.07, 6.45) is 0.584. The van der Waals surface area contributed by atoms with E-state index in [0.29, 0.717) is 30.8 Å². The van der Waals surface area contributed by atoms with Crippen LogP contribution in [0.2, 0.25) is 0 Å². The molecule has 0 bridgehead atoms. The number of carbonyl (C=O) groups is 3. The molecule has 1 aromatic heterocycles. The van der Waals surface area contributed by atoms with Gasteiger partial charge in [-0.1, -0.05) is 33.6 Å². The van der Waals surface area contributed by atoms with E-state index in [1.54, 1.807) is 37.4 Å². The summed E-state index contributed by atoms with van der Waals surface area (Å²) in [4.78, 5) is 37.5. The fraction of sp³-hybridized carbons (Fsp3) is 0.227. The average molecular weight is 487 g/mol. The molecule has 0 aliphatic rings. The molecule has 162 valence electrons. The molecule has 2 aromatic carbocycles. The lowest BCUT2D eigenvalue weighted by atomic mass is 10.2. The standard InChI is InChI=1S/C22H23BrN4O4/c1-14-4-7-17(8-5-14)25-20(28)19-13-15-12-16(23)6-9-18(15)27(19)26-22(30)21(29)24-10-3-11-31-2/h4-9,12-13H,3,10-11H2,1-2H3,(H,24,29)(H,25,28)(H,26,30). The van der Waals surface area contributed by atoms with Crippen molar-refractivity contribution in [3.8, 4) is 0 Å². The topological polar surface area (TPSA) is 101 Å². The smallest absolute Gasteiger partial charge is 0.328 e. The van der Waals surface area contributed by atoms with E-state index in [2.05, 4.69) is 32.0 Å². The van der Waals surface area contributed by atoms with Crippen LogP contribution in [0.15, 0.2) is 53.0 Å². The van der Waals surface area contributed by atoms with Crippen LogP contribution in [0.4, 0.5) is 5.69 Å². The van der Waals surface area contributed by atoms with Crippen molar-refractivity contribution < 1.29 is 19.1 Å². The quantitative estimate of drug-likeness (QED) is 0.352. The van der Waals surface area contributed by atoms with Gasteiger partial charge >= 0.3 is 11.8 Å². The van der Waals surface area contributed by atoms with Crippen LogP contribution in [-0.2, 0) is 14.3 Å². The van der Waals surface area contributed by atoms with E-state index in [4.69, 9.17) is 4.74 Å². The molecular formula is C22H23BrN4O4. The first-order chi connectivity index (χ1) is 14.9. The molecule has 0 spiro atoms. The fourth-order valence-electron chi connectivity index (χ4n) is 2.96. The Hall–Kier alpha value is -3.17. The molecule has 0 saturated heterocycles. The van der Waals surface area contributed by atoms with Crippen molar-refractivity contribution >= 4 is 50.2 Å². The number of aryl methyl sites for hydroxylation is 1. The van der Waals surface area contributed by atoms with Crippen LogP contribution < -0.4 is 16.1 Å². The van der Waals surface area contributed by atoms with Gasteiger partial charge in [0.25, 0.3) is 5.91 Å². The van der Waals surface area contributed by atoms with E-state index in [-0.39, 0.29) is 5.69 Å². The Kier molecular flexibility index (Phi) is 7.43. The first kappa shape index (κ1) is 22.5. The van der Waals surface area contributed by atoms with E-state index < -0.39 is 17.7 Å². The number of hydrogen-bond donors (Lipinski definition) is 3. The van der Waals surface area contributed by atoms with Gasteiger partial charge in [-0.15, -0.1) is 0 Å². The van der Waals surface area contributed by atoms with Crippen LogP contribution in [0.5, 0.6) is 0 Å². The predicted molar refractivity (Wildman–Crippen MR) is 123 cm³/mol. The van der Waals surface area contributed by atoms with Crippen LogP contribution in [0.3, 0.4) is 0 Å². The molecule has 0 radical (unpaired) electrons. The molecule has 9 heteroatoms. The minimum Gasteiger partial charge on any atom is -0.385 e. The fourth-order valence-corrected chi connectivity index (χ4v) is 3.34. The zero-order chi connectivity index (χ0) is 22.4. The van der Waals surface area contributed by atoms with E-state index in [0.717, 1.165) is 15.4 Å². The Balaban J connectivity index is 1.84. The molecule has 3 amide bonds. The Morgan fingerprint density at radius 3 is 2.48 bits per heavy atom. The Labute approximate surface area is 188 Å². The van der Waals surface area contributed by atoms with Crippen LogP contribution in [-0.4, -0.2) is 42.7 Å². The zero-order valence-corrected chi connectivity index (χ0v) is 18.8. The van der Waals surface area contributed by atoms with Gasteiger partial charge in [-0.3, -0.25) is 19.8 Å². The van der Waals surface area contributed by atoms with Gasteiger partial charge in [-0.25, -0.2) is 4.68 Å². The molecule has 3 aromatic rings. The molecule has 0 aliphatic heterocycles. The minimum atomic E-state index is -0.873. The summed E-state index contributed by atoms with van der Waals surface area (Å²) in [5, 5.41) is 6.07. The molecule has 3 rings (SSSR count). The highest BCUT2D eigenvalue weighted by Gasteiger charge is 2.21. The maximum atomic E-state index is 13.0. The lowest BCUT2D eigenvalue weighted by molar-refractivity contribution is -0.136. The summed E-state index contributed by atoms with van der Waals surface area (Å²) < 4.78 is 7.07. The summed E-state index contributed by atoms with van der Waals surface area (Å²) >= 11 is 3.41. The largest absolute Gasteiger partial charge is 0.385 e. The van der Waals surface area contributed by atoms with Crippen molar-refractivity contribution in [1.82, 2.24) is 9.99 Å². The van der Waals surface area contributed by atoms with Crippen LogP contribution in [0.1, 0.15) is 22.5 Å². The highest BCUT2D eigenvalue weighted by Crippen LogP contribution is 2.24. The normalized spacial score (nSPS) is 10.7. The number of aromatic nitrogens is 1. The van der Waals surface area contributed by atoms with E-state index >= 15 is 0 Å². The molecule has 0 aliphatic carbocycles. The number of anilines is 1. The number of fused-ring (bicyclic) bond motifs is 1. The lowest BCUT2D eigenvalue weighted by Crippen LogP contribution is -2.40. The summed E-state index contributed by atoms with van der Waals surface area (Å²) in [6, 6.07) is 14.4. The van der Waals surface area contributed by atoms with Crippen LogP contribution in [0.25, 0.3) is 10.9 Å². The van der Waals surface area contributed by atoms with Crippen molar-refractivity contribution in [3.05, 3.63) is 64.3 Å².